The van der Waals surface area contributed by atoms with Crippen molar-refractivity contribution >= 4 is 17.8 Å². The van der Waals surface area contributed by atoms with Crippen molar-refractivity contribution in [2.24, 2.45) is 5.92 Å². The third-order valence-electron chi connectivity index (χ3n) is 3.18. The number of hydrogen-bond donors (Lipinski definition) is 1. The topological polar surface area (TPSA) is 35.2 Å². The first kappa shape index (κ1) is 15.4. The van der Waals surface area contributed by atoms with Gasteiger partial charge in [-0.2, -0.15) is 0 Å². The van der Waals surface area contributed by atoms with E-state index < -0.39 is 0 Å². The Bertz CT molecular complexity index is 449. The molecule has 0 bridgehead atoms. The lowest BCUT2D eigenvalue weighted by atomic mass is 10.0. The Morgan fingerprint density at radius 1 is 1.32 bits per heavy atom. The molecule has 0 amide bonds. The second-order valence-electron chi connectivity index (χ2n) is 4.78. The molecule has 1 atom stereocenters. The monoisotopic (exact) mass is 259 g/mol. The van der Waals surface area contributed by atoms with Gasteiger partial charge in [0.05, 0.1) is 6.61 Å². The first-order valence-electron chi connectivity index (χ1n) is 6.99. The van der Waals surface area contributed by atoms with E-state index in [1.807, 2.05) is 12.1 Å². The number of ether oxygens (including phenoxy) is 1. The molecule has 19 heavy (non-hydrogen) atoms. The van der Waals surface area contributed by atoms with E-state index in [4.69, 9.17) is 10.5 Å². The average Bonchev–Trinajstić information content (AvgIpc) is 2.43. The molecular formula is C17H25NO. The van der Waals surface area contributed by atoms with Crippen molar-refractivity contribution in [3.63, 3.8) is 0 Å². The first-order chi connectivity index (χ1) is 9.13. The summed E-state index contributed by atoms with van der Waals surface area (Å²) in [4.78, 5) is 0. The van der Waals surface area contributed by atoms with Crippen LogP contribution < -0.4 is 10.5 Å². The largest absolute Gasteiger partial charge is 0.493 e. The molecular weight excluding hydrogens is 234 g/mol. The number of rotatable bonds is 7. The molecule has 0 saturated carbocycles. The minimum Gasteiger partial charge on any atom is -0.493 e. The van der Waals surface area contributed by atoms with Crippen LogP contribution in [0.25, 0.3) is 12.2 Å². The van der Waals surface area contributed by atoms with Crippen LogP contribution in [0.15, 0.2) is 24.8 Å². The molecule has 104 valence electrons. The summed E-state index contributed by atoms with van der Waals surface area (Å²) in [5, 5.41) is 0. The van der Waals surface area contributed by atoms with Gasteiger partial charge >= 0.3 is 0 Å². The Hall–Kier alpha value is -1.70. The molecule has 0 aromatic heterocycles. The van der Waals surface area contributed by atoms with E-state index in [0.29, 0.717) is 12.5 Å². The SMILES string of the molecule is C=Cc1c(N)ccc(OCCC)c1/C=C\C(C)CC. The lowest BCUT2D eigenvalue weighted by Gasteiger charge is -2.13. The van der Waals surface area contributed by atoms with Crippen molar-refractivity contribution in [2.75, 3.05) is 12.3 Å². The molecule has 0 spiro atoms. The van der Waals surface area contributed by atoms with Gasteiger partial charge in [0.25, 0.3) is 0 Å². The second kappa shape index (κ2) is 7.67. The van der Waals surface area contributed by atoms with Gasteiger partial charge in [0.2, 0.25) is 0 Å². The molecule has 2 N–H and O–H groups in total. The standard InChI is InChI=1S/C17H25NO/c1-5-12-19-17-11-10-16(18)14(7-3)15(17)9-8-13(4)6-2/h7-11,13H,3,5-6,12,18H2,1-2,4H3/b9-8-. The number of nitrogens with two attached hydrogens (primary N) is 1. The highest BCUT2D eigenvalue weighted by Gasteiger charge is 2.08. The predicted octanol–water partition coefficient (Wildman–Crippen LogP) is 4.76. The van der Waals surface area contributed by atoms with Gasteiger partial charge in [-0.3, -0.25) is 0 Å². The van der Waals surface area contributed by atoms with Crippen LogP contribution in [-0.4, -0.2) is 6.61 Å². The number of benzene rings is 1. The highest BCUT2D eigenvalue weighted by molar-refractivity contribution is 5.77. The molecule has 1 aromatic carbocycles. The molecule has 1 unspecified atom stereocenters. The number of hydrogen-bond acceptors (Lipinski definition) is 2. The number of nitrogen functional groups attached to an aromatic ring is 1. The fourth-order valence-electron chi connectivity index (χ4n) is 1.77. The Balaban J connectivity index is 3.17. The summed E-state index contributed by atoms with van der Waals surface area (Å²) >= 11 is 0. The van der Waals surface area contributed by atoms with Crippen LogP contribution in [0.4, 0.5) is 5.69 Å². The van der Waals surface area contributed by atoms with Crippen LogP contribution >= 0.6 is 0 Å². The summed E-state index contributed by atoms with van der Waals surface area (Å²) in [6.45, 7) is 11.0. The third-order valence-corrected chi connectivity index (χ3v) is 3.18. The smallest absolute Gasteiger partial charge is 0.127 e. The van der Waals surface area contributed by atoms with Crippen molar-refractivity contribution < 1.29 is 4.74 Å². The van der Waals surface area contributed by atoms with Gasteiger partial charge in [-0.05, 0) is 24.5 Å². The van der Waals surface area contributed by atoms with E-state index in [-0.39, 0.29) is 0 Å². The van der Waals surface area contributed by atoms with E-state index in [0.717, 1.165) is 35.4 Å². The van der Waals surface area contributed by atoms with Crippen molar-refractivity contribution in [3.05, 3.63) is 35.9 Å². The fourth-order valence-corrected chi connectivity index (χ4v) is 1.77. The van der Waals surface area contributed by atoms with Crippen molar-refractivity contribution in [3.8, 4) is 5.75 Å². The van der Waals surface area contributed by atoms with Crippen LogP contribution in [0, 0.1) is 5.92 Å². The Morgan fingerprint density at radius 2 is 2.05 bits per heavy atom. The van der Waals surface area contributed by atoms with Gasteiger partial charge in [-0.15, -0.1) is 0 Å². The van der Waals surface area contributed by atoms with Crippen LogP contribution in [0.5, 0.6) is 5.75 Å². The van der Waals surface area contributed by atoms with Gasteiger partial charge in [-0.25, -0.2) is 0 Å². The van der Waals surface area contributed by atoms with E-state index in [1.165, 1.54) is 0 Å². The summed E-state index contributed by atoms with van der Waals surface area (Å²) in [5.74, 6) is 1.42. The zero-order valence-corrected chi connectivity index (χ0v) is 12.3. The molecule has 1 rings (SSSR count). The Kier molecular flexibility index (Phi) is 6.20. The summed E-state index contributed by atoms with van der Waals surface area (Å²) in [6.07, 6.45) is 8.20. The van der Waals surface area contributed by atoms with Gasteiger partial charge in [0.15, 0.2) is 0 Å². The van der Waals surface area contributed by atoms with Gasteiger partial charge < -0.3 is 10.5 Å². The molecule has 2 nitrogen and oxygen atoms in total. The third kappa shape index (κ3) is 4.16. The molecule has 0 aliphatic carbocycles. The molecule has 0 heterocycles. The fraction of sp³-hybridized carbons (Fsp3) is 0.412. The van der Waals surface area contributed by atoms with Crippen molar-refractivity contribution in [1.29, 1.82) is 0 Å². The van der Waals surface area contributed by atoms with Crippen LogP contribution in [-0.2, 0) is 0 Å². The summed E-state index contributed by atoms with van der Waals surface area (Å²) in [6, 6.07) is 3.82. The first-order valence-corrected chi connectivity index (χ1v) is 6.99. The summed E-state index contributed by atoms with van der Waals surface area (Å²) in [7, 11) is 0. The highest BCUT2D eigenvalue weighted by Crippen LogP contribution is 2.30. The van der Waals surface area contributed by atoms with Gasteiger partial charge in [0, 0.05) is 16.8 Å². The van der Waals surface area contributed by atoms with Crippen LogP contribution in [0.1, 0.15) is 44.7 Å². The number of anilines is 1. The van der Waals surface area contributed by atoms with E-state index in [9.17, 15) is 0 Å². The Morgan fingerprint density at radius 3 is 2.63 bits per heavy atom. The quantitative estimate of drug-likeness (QED) is 0.716. The van der Waals surface area contributed by atoms with Gasteiger partial charge in [-0.1, -0.05) is 52.0 Å². The summed E-state index contributed by atoms with van der Waals surface area (Å²) < 4.78 is 5.80. The minimum absolute atomic E-state index is 0.540. The average molecular weight is 259 g/mol. The lowest BCUT2D eigenvalue weighted by Crippen LogP contribution is -2.00. The predicted molar refractivity (Wildman–Crippen MR) is 85.2 cm³/mol. The molecule has 0 aliphatic heterocycles. The van der Waals surface area contributed by atoms with Crippen LogP contribution in [0.2, 0.25) is 0 Å². The Labute approximate surface area is 117 Å². The highest BCUT2D eigenvalue weighted by atomic mass is 16.5. The van der Waals surface area contributed by atoms with E-state index >= 15 is 0 Å². The molecule has 0 saturated heterocycles. The maximum atomic E-state index is 6.01. The molecule has 2 heteroatoms. The zero-order chi connectivity index (χ0) is 14.3. The number of allylic oxidation sites excluding steroid dienone is 1. The normalized spacial score (nSPS) is 12.6. The van der Waals surface area contributed by atoms with Crippen molar-refractivity contribution in [2.45, 2.75) is 33.6 Å². The second-order valence-corrected chi connectivity index (χ2v) is 4.78. The maximum Gasteiger partial charge on any atom is 0.127 e. The van der Waals surface area contributed by atoms with E-state index in [2.05, 4.69) is 39.5 Å². The lowest BCUT2D eigenvalue weighted by molar-refractivity contribution is 0.317. The molecule has 1 aromatic rings. The maximum absolute atomic E-state index is 6.01. The molecule has 0 aliphatic rings. The minimum atomic E-state index is 0.540. The van der Waals surface area contributed by atoms with Gasteiger partial charge in [0.1, 0.15) is 5.75 Å². The van der Waals surface area contributed by atoms with E-state index in [1.54, 1.807) is 6.08 Å². The van der Waals surface area contributed by atoms with Crippen LogP contribution in [0.3, 0.4) is 0 Å². The summed E-state index contributed by atoms with van der Waals surface area (Å²) in [5.41, 5.74) is 8.73. The molecule has 0 radical (unpaired) electrons. The van der Waals surface area contributed by atoms with Crippen molar-refractivity contribution in [1.82, 2.24) is 0 Å². The zero-order valence-electron chi connectivity index (χ0n) is 12.3. The molecule has 0 fully saturated rings.